The molecule has 0 aromatic heterocycles. The van der Waals surface area contributed by atoms with Gasteiger partial charge in [-0.1, -0.05) is 48.9 Å². The number of aliphatic hydroxyl groups excluding tert-OH is 1. The molecular formula is C23H35NO4. The first-order chi connectivity index (χ1) is 13.4. The number of nitrogens with zero attached hydrogens (tertiary/aromatic N) is 1. The number of aryl methyl sites for hydroxylation is 1. The minimum atomic E-state index is -1.01. The summed E-state index contributed by atoms with van der Waals surface area (Å²) in [4.78, 5) is 16.9. The third kappa shape index (κ3) is 8.55. The summed E-state index contributed by atoms with van der Waals surface area (Å²) in [5.41, 5.74) is 0.322. The number of carbonyl (C=O) groups excluding carboxylic acids is 1. The lowest BCUT2D eigenvalue weighted by atomic mass is 9.76. The Hall–Kier alpha value is -1.69. The van der Waals surface area contributed by atoms with Crippen molar-refractivity contribution >= 4 is 5.97 Å². The van der Waals surface area contributed by atoms with E-state index in [4.69, 9.17) is 4.84 Å². The first kappa shape index (κ1) is 22.6. The maximum absolute atomic E-state index is 11.9. The van der Waals surface area contributed by atoms with E-state index in [9.17, 15) is 15.0 Å². The molecule has 156 valence electrons. The molecule has 5 nitrogen and oxygen atoms in total. The van der Waals surface area contributed by atoms with Gasteiger partial charge >= 0.3 is 5.97 Å². The molecule has 0 bridgehead atoms. The number of hydrogen-bond acceptors (Lipinski definition) is 5. The molecule has 1 fully saturated rings. The van der Waals surface area contributed by atoms with Crippen LogP contribution < -0.4 is 0 Å². The fourth-order valence-corrected chi connectivity index (χ4v) is 3.92. The average molecular weight is 390 g/mol. The van der Waals surface area contributed by atoms with Crippen LogP contribution in [0, 0.1) is 5.92 Å². The summed E-state index contributed by atoms with van der Waals surface area (Å²) >= 11 is 0. The van der Waals surface area contributed by atoms with Crippen molar-refractivity contribution in [2.45, 2.75) is 69.5 Å². The van der Waals surface area contributed by atoms with E-state index in [1.54, 1.807) is 14.1 Å². The number of hydroxylamine groups is 2. The molecule has 2 rings (SSSR count). The smallest absolute Gasteiger partial charge is 0.327 e. The van der Waals surface area contributed by atoms with Crippen LogP contribution in [0.1, 0.15) is 56.9 Å². The van der Waals surface area contributed by atoms with Crippen molar-refractivity contribution in [3.63, 3.8) is 0 Å². The van der Waals surface area contributed by atoms with Crippen molar-refractivity contribution in [2.24, 2.45) is 5.92 Å². The van der Waals surface area contributed by atoms with E-state index in [0.717, 1.165) is 38.5 Å². The molecule has 1 aromatic carbocycles. The van der Waals surface area contributed by atoms with Crippen LogP contribution in [-0.4, -0.2) is 47.0 Å². The number of benzene rings is 1. The zero-order chi connectivity index (χ0) is 20.4. The van der Waals surface area contributed by atoms with Crippen molar-refractivity contribution in [3.8, 4) is 0 Å². The Morgan fingerprint density at radius 1 is 1.32 bits per heavy atom. The quantitative estimate of drug-likeness (QED) is 0.363. The lowest BCUT2D eigenvalue weighted by Crippen LogP contribution is -2.38. The largest absolute Gasteiger partial charge is 0.389 e. The van der Waals surface area contributed by atoms with E-state index in [1.807, 2.05) is 18.2 Å². The van der Waals surface area contributed by atoms with Crippen molar-refractivity contribution in [1.82, 2.24) is 5.06 Å². The number of aliphatic hydroxyl groups is 2. The van der Waals surface area contributed by atoms with Gasteiger partial charge in [0.15, 0.2) is 0 Å². The summed E-state index contributed by atoms with van der Waals surface area (Å²) in [5.74, 6) is -0.222. The van der Waals surface area contributed by atoms with Crippen LogP contribution in [-0.2, 0) is 16.1 Å². The summed E-state index contributed by atoms with van der Waals surface area (Å²) in [5, 5.41) is 22.3. The lowest BCUT2D eigenvalue weighted by molar-refractivity contribution is -0.184. The van der Waals surface area contributed by atoms with Crippen LogP contribution in [0.25, 0.3) is 0 Å². The van der Waals surface area contributed by atoms with Gasteiger partial charge in [-0.25, -0.2) is 0 Å². The Balaban J connectivity index is 1.70. The molecule has 0 spiro atoms. The minimum Gasteiger partial charge on any atom is -0.389 e. The maximum atomic E-state index is 11.9. The number of carbonyl (C=O) groups is 1. The van der Waals surface area contributed by atoms with Gasteiger partial charge in [-0.2, -0.15) is 0 Å². The van der Waals surface area contributed by atoms with Crippen molar-refractivity contribution < 1.29 is 19.8 Å². The summed E-state index contributed by atoms with van der Waals surface area (Å²) in [6.45, 7) is 0. The number of allylic oxidation sites excluding steroid dienone is 1. The molecule has 1 aliphatic rings. The predicted molar refractivity (Wildman–Crippen MR) is 110 cm³/mol. The third-order valence-electron chi connectivity index (χ3n) is 5.28. The second-order valence-electron chi connectivity index (χ2n) is 8.22. The van der Waals surface area contributed by atoms with Crippen LogP contribution in [0.2, 0.25) is 0 Å². The molecule has 5 heteroatoms. The average Bonchev–Trinajstić information content (AvgIpc) is 2.63. The number of hydrogen-bond donors (Lipinski definition) is 2. The van der Waals surface area contributed by atoms with Crippen molar-refractivity contribution in [1.29, 1.82) is 0 Å². The first-order valence-corrected chi connectivity index (χ1v) is 10.4. The molecule has 1 aliphatic carbocycles. The second kappa shape index (κ2) is 11.3. The molecule has 0 aliphatic heterocycles. The van der Waals surface area contributed by atoms with Crippen LogP contribution in [0.5, 0.6) is 0 Å². The van der Waals surface area contributed by atoms with Crippen molar-refractivity contribution in [2.75, 3.05) is 14.1 Å². The highest BCUT2D eigenvalue weighted by Gasteiger charge is 2.36. The zero-order valence-electron chi connectivity index (χ0n) is 17.2. The Morgan fingerprint density at radius 2 is 2.07 bits per heavy atom. The summed E-state index contributed by atoms with van der Waals surface area (Å²) in [6.07, 6.45) is 10.2. The normalized spacial score (nSPS) is 23.8. The third-order valence-corrected chi connectivity index (χ3v) is 5.28. The van der Waals surface area contributed by atoms with Gasteiger partial charge in [0.2, 0.25) is 0 Å². The van der Waals surface area contributed by atoms with Gasteiger partial charge in [0, 0.05) is 14.1 Å². The Labute approximate surface area is 169 Å². The van der Waals surface area contributed by atoms with Gasteiger partial charge in [-0.3, -0.25) is 4.79 Å². The second-order valence-corrected chi connectivity index (χ2v) is 8.22. The molecule has 1 aromatic rings. The van der Waals surface area contributed by atoms with E-state index < -0.39 is 17.7 Å². The molecule has 0 amide bonds. The zero-order valence-corrected chi connectivity index (χ0v) is 17.2. The van der Waals surface area contributed by atoms with E-state index in [2.05, 4.69) is 24.3 Å². The van der Waals surface area contributed by atoms with Gasteiger partial charge < -0.3 is 15.1 Å². The number of rotatable bonds is 10. The monoisotopic (exact) mass is 389 g/mol. The van der Waals surface area contributed by atoms with E-state index in [-0.39, 0.29) is 12.3 Å². The SMILES string of the molecule is CN(C)OC(=O)C[C@@]1(O)CCC[C@H](/C=C/C(O)CCCCc2ccccc2)C1. The van der Waals surface area contributed by atoms with Crippen LogP contribution in [0.4, 0.5) is 0 Å². The molecular weight excluding hydrogens is 354 g/mol. The summed E-state index contributed by atoms with van der Waals surface area (Å²) < 4.78 is 0. The van der Waals surface area contributed by atoms with E-state index >= 15 is 0 Å². The van der Waals surface area contributed by atoms with Gasteiger partial charge in [0.1, 0.15) is 0 Å². The number of unbranched alkanes of at least 4 members (excludes halogenated alkanes) is 1. The van der Waals surface area contributed by atoms with Gasteiger partial charge in [0.05, 0.1) is 18.1 Å². The first-order valence-electron chi connectivity index (χ1n) is 10.4. The standard InChI is InChI=1S/C23H35NO4/c1-24(2)28-22(26)18-23(27)16-8-12-20(17-23)14-15-21(25)13-7-6-11-19-9-4-3-5-10-19/h3-5,9-10,14-15,20-21,25,27H,6-8,11-13,16-18H2,1-2H3/b15-14+/t20-,21?,23-/m1/s1. The summed E-state index contributed by atoms with van der Waals surface area (Å²) in [6, 6.07) is 10.4. The van der Waals surface area contributed by atoms with Crippen LogP contribution >= 0.6 is 0 Å². The molecule has 2 N–H and O–H groups in total. The van der Waals surface area contributed by atoms with Gasteiger partial charge in [-0.05, 0) is 56.4 Å². The van der Waals surface area contributed by atoms with Gasteiger partial charge in [-0.15, -0.1) is 5.06 Å². The van der Waals surface area contributed by atoms with Crippen LogP contribution in [0.3, 0.4) is 0 Å². The highest BCUT2D eigenvalue weighted by atomic mass is 16.7. The molecule has 3 atom stereocenters. The summed E-state index contributed by atoms with van der Waals surface area (Å²) in [7, 11) is 3.30. The molecule has 0 radical (unpaired) electrons. The molecule has 0 saturated heterocycles. The van der Waals surface area contributed by atoms with E-state index in [1.165, 1.54) is 10.6 Å². The predicted octanol–water partition coefficient (Wildman–Crippen LogP) is 3.65. The topological polar surface area (TPSA) is 70.0 Å². The van der Waals surface area contributed by atoms with Gasteiger partial charge in [0.25, 0.3) is 0 Å². The fraction of sp³-hybridized carbons (Fsp3) is 0.609. The van der Waals surface area contributed by atoms with Crippen LogP contribution in [0.15, 0.2) is 42.5 Å². The highest BCUT2D eigenvalue weighted by Crippen LogP contribution is 2.36. The molecule has 1 unspecified atom stereocenters. The maximum Gasteiger partial charge on any atom is 0.327 e. The highest BCUT2D eigenvalue weighted by molar-refractivity contribution is 5.70. The molecule has 28 heavy (non-hydrogen) atoms. The molecule has 1 saturated carbocycles. The Morgan fingerprint density at radius 3 is 2.79 bits per heavy atom. The molecule has 0 heterocycles. The van der Waals surface area contributed by atoms with Crippen molar-refractivity contribution in [3.05, 3.63) is 48.0 Å². The lowest BCUT2D eigenvalue weighted by Gasteiger charge is -2.35. The van der Waals surface area contributed by atoms with E-state index in [0.29, 0.717) is 12.8 Å². The minimum absolute atomic E-state index is 0.0115. The Bertz CT molecular complexity index is 616. The Kier molecular flexibility index (Phi) is 9.16. The fourth-order valence-electron chi connectivity index (χ4n) is 3.92.